The van der Waals surface area contributed by atoms with Crippen LogP contribution in [0.2, 0.25) is 5.02 Å². The molecule has 8 heteroatoms. The van der Waals surface area contributed by atoms with Gasteiger partial charge in [0.2, 0.25) is 0 Å². The van der Waals surface area contributed by atoms with Gasteiger partial charge in [-0.05, 0) is 96.3 Å². The number of aliphatic hydroxyl groups excluding tert-OH is 1. The van der Waals surface area contributed by atoms with Crippen molar-refractivity contribution in [2.24, 2.45) is 0 Å². The molecule has 214 valence electrons. The number of aryl methyl sites for hydroxylation is 1. The Morgan fingerprint density at radius 1 is 0.725 bits per heavy atom. The van der Waals surface area contributed by atoms with E-state index in [1.165, 1.54) is 0 Å². The van der Waals surface area contributed by atoms with Gasteiger partial charge in [0.25, 0.3) is 0 Å². The van der Waals surface area contributed by atoms with E-state index in [1.54, 1.807) is 0 Å². The Morgan fingerprint density at radius 3 is 2.17 bits per heavy atom. The van der Waals surface area contributed by atoms with Gasteiger partial charge in [-0.15, -0.1) is 0 Å². The van der Waals surface area contributed by atoms with Crippen molar-refractivity contribution >= 4 is 23.5 Å². The van der Waals surface area contributed by atoms with Crippen molar-refractivity contribution in [1.29, 1.82) is 0 Å². The topological polar surface area (TPSA) is 113 Å². The third-order valence-corrected chi connectivity index (χ3v) is 6.80. The highest BCUT2D eigenvalue weighted by Crippen LogP contribution is 2.28. The number of halogens is 1. The zero-order valence-corrected chi connectivity index (χ0v) is 23.4. The van der Waals surface area contributed by atoms with Crippen molar-refractivity contribution in [3.05, 3.63) is 82.4 Å². The molecule has 3 N–H and O–H groups in total. The van der Waals surface area contributed by atoms with E-state index in [2.05, 4.69) is 0 Å². The number of unbranched alkanes of at least 4 members (excludes halogenated alkanes) is 3. The van der Waals surface area contributed by atoms with Gasteiger partial charge in [0.05, 0.1) is 19.8 Å². The van der Waals surface area contributed by atoms with Crippen molar-refractivity contribution in [2.45, 2.75) is 64.4 Å². The van der Waals surface area contributed by atoms with Crippen LogP contribution in [0.4, 0.5) is 0 Å². The number of hydrogen-bond donors (Lipinski definition) is 3. The van der Waals surface area contributed by atoms with Gasteiger partial charge in [-0.25, -0.2) is 0 Å². The molecule has 0 saturated carbocycles. The quantitative estimate of drug-likeness (QED) is 0.142. The molecule has 0 heterocycles. The summed E-state index contributed by atoms with van der Waals surface area (Å²) >= 11 is 6.01. The van der Waals surface area contributed by atoms with E-state index < -0.39 is 11.9 Å². The van der Waals surface area contributed by atoms with E-state index >= 15 is 0 Å². The maximum atomic E-state index is 11.2. The van der Waals surface area contributed by atoms with Crippen LogP contribution in [0.3, 0.4) is 0 Å². The third kappa shape index (κ3) is 10.5. The highest BCUT2D eigenvalue weighted by molar-refractivity contribution is 6.30. The number of ether oxygens (including phenoxy) is 2. The molecule has 0 fully saturated rings. The minimum absolute atomic E-state index is 0.0110. The van der Waals surface area contributed by atoms with Gasteiger partial charge >= 0.3 is 11.9 Å². The number of carbonyl (C=O) groups is 2. The van der Waals surface area contributed by atoms with Crippen LogP contribution in [0.5, 0.6) is 11.5 Å². The second kappa shape index (κ2) is 16.5. The fraction of sp³-hybridized carbons (Fsp3) is 0.375. The Morgan fingerprint density at radius 2 is 1.45 bits per heavy atom. The summed E-state index contributed by atoms with van der Waals surface area (Å²) in [6, 6.07) is 19.1. The number of hydrogen-bond acceptors (Lipinski definition) is 5. The number of carboxylic acid groups (broad SMARTS) is 2. The number of carboxylic acids is 2. The van der Waals surface area contributed by atoms with Crippen LogP contribution >= 0.6 is 11.6 Å². The molecule has 0 radical (unpaired) electrons. The Labute approximate surface area is 240 Å². The SMILES string of the molecule is O=C(O)CCCOc1cccc(CCCCCCOc2cc(CO)cc(-c3ccc(Cl)cc3)c2)c1CCC(=O)O. The van der Waals surface area contributed by atoms with Crippen molar-refractivity contribution in [3.63, 3.8) is 0 Å². The zero-order valence-electron chi connectivity index (χ0n) is 22.6. The van der Waals surface area contributed by atoms with E-state index in [1.807, 2.05) is 60.7 Å². The molecule has 3 aromatic carbocycles. The third-order valence-electron chi connectivity index (χ3n) is 6.55. The average Bonchev–Trinajstić information content (AvgIpc) is 2.94. The van der Waals surface area contributed by atoms with Crippen LogP contribution < -0.4 is 9.47 Å². The molecule has 0 aliphatic heterocycles. The van der Waals surface area contributed by atoms with Crippen LogP contribution in [0, 0.1) is 0 Å². The number of aliphatic hydroxyl groups is 1. The molecule has 0 spiro atoms. The number of aliphatic carboxylic acids is 2. The molecule has 0 amide bonds. The molecule has 3 aromatic rings. The summed E-state index contributed by atoms with van der Waals surface area (Å²) in [5.74, 6) is -0.369. The Kier molecular flexibility index (Phi) is 12.8. The fourth-order valence-corrected chi connectivity index (χ4v) is 4.63. The number of rotatable bonds is 18. The molecule has 0 unspecified atom stereocenters. The lowest BCUT2D eigenvalue weighted by Crippen LogP contribution is -2.07. The first-order valence-electron chi connectivity index (χ1n) is 13.7. The van der Waals surface area contributed by atoms with E-state index in [0.717, 1.165) is 65.7 Å². The van der Waals surface area contributed by atoms with Crippen LogP contribution in [0.25, 0.3) is 11.1 Å². The smallest absolute Gasteiger partial charge is 0.303 e. The van der Waals surface area contributed by atoms with E-state index in [-0.39, 0.29) is 26.1 Å². The van der Waals surface area contributed by atoms with Gasteiger partial charge in [-0.2, -0.15) is 0 Å². The minimum Gasteiger partial charge on any atom is -0.494 e. The summed E-state index contributed by atoms with van der Waals surface area (Å²) < 4.78 is 11.8. The monoisotopic (exact) mass is 568 g/mol. The molecular weight excluding hydrogens is 532 g/mol. The lowest BCUT2D eigenvalue weighted by molar-refractivity contribution is -0.138. The summed E-state index contributed by atoms with van der Waals surface area (Å²) in [5, 5.41) is 28.4. The van der Waals surface area contributed by atoms with Gasteiger partial charge in [0, 0.05) is 17.9 Å². The molecule has 0 aromatic heterocycles. The Hall–Kier alpha value is -3.55. The van der Waals surface area contributed by atoms with Crippen molar-refractivity contribution < 1.29 is 34.4 Å². The standard InChI is InChI=1S/C32H37ClO7/c33-27-13-11-24(12-14-27)26-19-23(22-34)20-28(21-26)39-17-4-2-1-3-7-25-8-5-9-30(29(25)15-16-32(37)38)40-18-6-10-31(35)36/h5,8-9,11-14,19-21,34H,1-4,6-7,10,15-18,22H2,(H,35,36)(H,37,38). The summed E-state index contributed by atoms with van der Waals surface area (Å²) in [6.07, 6.45) is 5.44. The van der Waals surface area contributed by atoms with Gasteiger partial charge in [-0.1, -0.05) is 48.7 Å². The first kappa shape index (κ1) is 31.0. The number of benzene rings is 3. The van der Waals surface area contributed by atoms with Gasteiger partial charge in [-0.3, -0.25) is 9.59 Å². The summed E-state index contributed by atoms with van der Waals surface area (Å²) in [7, 11) is 0. The first-order valence-corrected chi connectivity index (χ1v) is 14.0. The first-order chi connectivity index (χ1) is 19.4. The lowest BCUT2D eigenvalue weighted by Gasteiger charge is -2.15. The van der Waals surface area contributed by atoms with Crippen LogP contribution in [-0.4, -0.2) is 40.5 Å². The molecule has 0 atom stereocenters. The van der Waals surface area contributed by atoms with Crippen molar-refractivity contribution in [1.82, 2.24) is 0 Å². The predicted octanol–water partition coefficient (Wildman–Crippen LogP) is 6.94. The zero-order chi connectivity index (χ0) is 28.7. The highest BCUT2D eigenvalue weighted by atomic mass is 35.5. The largest absolute Gasteiger partial charge is 0.494 e. The molecule has 0 aliphatic carbocycles. The molecule has 7 nitrogen and oxygen atoms in total. The molecular formula is C32H37ClO7. The highest BCUT2D eigenvalue weighted by Gasteiger charge is 2.12. The maximum absolute atomic E-state index is 11.2. The summed E-state index contributed by atoms with van der Waals surface area (Å²) in [6.45, 7) is 0.775. The van der Waals surface area contributed by atoms with Crippen LogP contribution in [0.1, 0.15) is 61.6 Å². The molecule has 0 aliphatic rings. The predicted molar refractivity (Wildman–Crippen MR) is 155 cm³/mol. The minimum atomic E-state index is -0.866. The average molecular weight is 569 g/mol. The van der Waals surface area contributed by atoms with Crippen LogP contribution in [-0.2, 0) is 29.0 Å². The van der Waals surface area contributed by atoms with Gasteiger partial charge in [0.1, 0.15) is 11.5 Å². The second-order valence-corrected chi connectivity index (χ2v) is 10.1. The van der Waals surface area contributed by atoms with E-state index in [4.69, 9.17) is 26.2 Å². The van der Waals surface area contributed by atoms with Crippen molar-refractivity contribution in [2.75, 3.05) is 13.2 Å². The van der Waals surface area contributed by atoms with E-state index in [0.29, 0.717) is 30.2 Å². The molecule has 40 heavy (non-hydrogen) atoms. The summed E-state index contributed by atoms with van der Waals surface area (Å²) in [4.78, 5) is 22.0. The molecule has 0 bridgehead atoms. The molecule has 3 rings (SSSR count). The van der Waals surface area contributed by atoms with Crippen LogP contribution in [0.15, 0.2) is 60.7 Å². The molecule has 0 saturated heterocycles. The van der Waals surface area contributed by atoms with Crippen molar-refractivity contribution in [3.8, 4) is 22.6 Å². The Bertz CT molecular complexity index is 1240. The normalized spacial score (nSPS) is 10.8. The second-order valence-electron chi connectivity index (χ2n) is 9.68. The van der Waals surface area contributed by atoms with Gasteiger partial charge in [0.15, 0.2) is 0 Å². The Balaban J connectivity index is 1.48. The fourth-order valence-electron chi connectivity index (χ4n) is 4.51. The lowest BCUT2D eigenvalue weighted by atomic mass is 9.97. The van der Waals surface area contributed by atoms with Gasteiger partial charge < -0.3 is 24.8 Å². The summed E-state index contributed by atoms with van der Waals surface area (Å²) in [5.41, 5.74) is 4.72. The maximum Gasteiger partial charge on any atom is 0.303 e. The van der Waals surface area contributed by atoms with E-state index in [9.17, 15) is 19.8 Å².